The number of carboxylic acids is 1. The lowest BCUT2D eigenvalue weighted by Crippen LogP contribution is -2.60. The van der Waals surface area contributed by atoms with Gasteiger partial charge in [0.2, 0.25) is 5.95 Å². The van der Waals surface area contributed by atoms with Crippen LogP contribution in [-0.2, 0) is 9.53 Å². The van der Waals surface area contributed by atoms with Gasteiger partial charge in [-0.15, -0.1) is 0 Å². The molecule has 1 atom stereocenters. The van der Waals surface area contributed by atoms with Crippen molar-refractivity contribution in [3.63, 3.8) is 0 Å². The number of aromatic nitrogens is 3. The van der Waals surface area contributed by atoms with Crippen LogP contribution in [0.4, 0.5) is 24.9 Å². The highest BCUT2D eigenvalue weighted by atomic mass is 19.4. The summed E-state index contributed by atoms with van der Waals surface area (Å²) in [5.74, 6) is -1.16. The number of nitriles is 1. The molecule has 9 nitrogen and oxygen atoms in total. The first kappa shape index (κ1) is 23.2. The van der Waals surface area contributed by atoms with Gasteiger partial charge in [0.15, 0.2) is 0 Å². The Morgan fingerprint density at radius 2 is 1.84 bits per heavy atom. The number of piperidine rings is 1. The zero-order valence-electron chi connectivity index (χ0n) is 17.0. The number of hydrogen-bond donors (Lipinski definition) is 1. The highest BCUT2D eigenvalue weighted by Gasteiger charge is 2.41. The number of hydrogen-bond acceptors (Lipinski definition) is 8. The number of alkyl halides is 3. The topological polar surface area (TPSA) is 115 Å². The fourth-order valence-corrected chi connectivity index (χ4v) is 3.67. The average Bonchev–Trinajstić information content (AvgIpc) is 2.79. The minimum Gasteiger partial charge on any atom is -0.475 e. The molecule has 2 aliphatic heterocycles. The summed E-state index contributed by atoms with van der Waals surface area (Å²) >= 11 is 0. The molecule has 32 heavy (non-hydrogen) atoms. The molecule has 2 saturated heterocycles. The van der Waals surface area contributed by atoms with Crippen molar-refractivity contribution in [1.29, 1.82) is 5.26 Å². The van der Waals surface area contributed by atoms with Gasteiger partial charge >= 0.3 is 12.1 Å². The van der Waals surface area contributed by atoms with Crippen LogP contribution in [-0.4, -0.2) is 70.6 Å². The summed E-state index contributed by atoms with van der Waals surface area (Å²) < 4.78 is 38.0. The molecule has 0 radical (unpaired) electrons. The second-order valence-electron chi connectivity index (χ2n) is 7.32. The molecule has 170 valence electrons. The normalized spacial score (nSPS) is 20.8. The third kappa shape index (κ3) is 5.82. The first-order valence-corrected chi connectivity index (χ1v) is 9.81. The lowest BCUT2D eigenvalue weighted by molar-refractivity contribution is -0.192. The standard InChI is InChI=1S/C18H20N6O.C2HF3O2/c19-12-15-4-1-5-16(22-15)23-9-2-6-18(13-23)14-24(10-11-25-18)17-20-7-3-8-21-17;3-2(4,5)1(6)7/h1,3-5,7-8H,2,6,9-11,13-14H2;(H,6,7). The molecule has 0 saturated carbocycles. The quantitative estimate of drug-likeness (QED) is 0.735. The molecule has 0 amide bonds. The Kier molecular flexibility index (Phi) is 7.09. The van der Waals surface area contributed by atoms with Crippen LogP contribution in [0.3, 0.4) is 0 Å². The summed E-state index contributed by atoms with van der Waals surface area (Å²) in [7, 11) is 0. The number of carboxylic acid groups (broad SMARTS) is 1. The van der Waals surface area contributed by atoms with Crippen molar-refractivity contribution in [2.24, 2.45) is 0 Å². The SMILES string of the molecule is N#Cc1cccc(N2CCCC3(C2)CN(c2ncccn2)CCO3)n1.O=C(O)C(F)(F)F. The number of halogens is 3. The highest BCUT2D eigenvalue weighted by Crippen LogP contribution is 2.32. The summed E-state index contributed by atoms with van der Waals surface area (Å²) in [6.45, 7) is 3.92. The molecule has 1 unspecified atom stereocenters. The van der Waals surface area contributed by atoms with Crippen LogP contribution in [0.5, 0.6) is 0 Å². The number of aliphatic carboxylic acids is 1. The molecule has 1 N–H and O–H groups in total. The smallest absolute Gasteiger partial charge is 0.475 e. The van der Waals surface area contributed by atoms with Crippen molar-refractivity contribution in [3.05, 3.63) is 42.4 Å². The first-order valence-electron chi connectivity index (χ1n) is 9.81. The van der Waals surface area contributed by atoms with Gasteiger partial charge in [0.25, 0.3) is 0 Å². The van der Waals surface area contributed by atoms with Crippen molar-refractivity contribution in [2.75, 3.05) is 42.6 Å². The number of pyridine rings is 1. The van der Waals surface area contributed by atoms with Gasteiger partial charge in [-0.1, -0.05) is 6.07 Å². The summed E-state index contributed by atoms with van der Waals surface area (Å²) in [5, 5.41) is 16.2. The van der Waals surface area contributed by atoms with Crippen LogP contribution in [0.2, 0.25) is 0 Å². The molecule has 0 bridgehead atoms. The summed E-state index contributed by atoms with van der Waals surface area (Å²) in [5.41, 5.74) is 0.195. The van der Waals surface area contributed by atoms with Crippen LogP contribution < -0.4 is 9.80 Å². The van der Waals surface area contributed by atoms with Crippen LogP contribution in [0, 0.1) is 11.3 Å². The average molecular weight is 450 g/mol. The van der Waals surface area contributed by atoms with Gasteiger partial charge in [-0.05, 0) is 31.0 Å². The van der Waals surface area contributed by atoms with Crippen molar-refractivity contribution < 1.29 is 27.8 Å². The van der Waals surface area contributed by atoms with E-state index in [2.05, 4.69) is 30.8 Å². The van der Waals surface area contributed by atoms with Gasteiger partial charge in [0, 0.05) is 25.5 Å². The van der Waals surface area contributed by atoms with E-state index in [1.165, 1.54) is 0 Å². The van der Waals surface area contributed by atoms with Gasteiger partial charge in [0.05, 0.1) is 19.7 Å². The molecule has 4 rings (SSSR count). The molecule has 12 heteroatoms. The van der Waals surface area contributed by atoms with Gasteiger partial charge in [0.1, 0.15) is 23.2 Å². The van der Waals surface area contributed by atoms with E-state index in [4.69, 9.17) is 19.9 Å². The molecule has 0 aliphatic carbocycles. The lowest BCUT2D eigenvalue weighted by Gasteiger charge is -2.48. The van der Waals surface area contributed by atoms with Crippen molar-refractivity contribution >= 4 is 17.7 Å². The largest absolute Gasteiger partial charge is 0.490 e. The molecule has 2 aromatic heterocycles. The van der Waals surface area contributed by atoms with Crippen LogP contribution >= 0.6 is 0 Å². The molecule has 2 aliphatic rings. The number of morpholine rings is 1. The van der Waals surface area contributed by atoms with Crippen molar-refractivity contribution in [3.8, 4) is 6.07 Å². The third-order valence-corrected chi connectivity index (χ3v) is 5.04. The van der Waals surface area contributed by atoms with Crippen LogP contribution in [0.25, 0.3) is 0 Å². The van der Waals surface area contributed by atoms with E-state index in [1.807, 2.05) is 18.2 Å². The molecule has 1 spiro atoms. The monoisotopic (exact) mass is 450 g/mol. The molecule has 0 aromatic carbocycles. The summed E-state index contributed by atoms with van der Waals surface area (Å²) in [6, 6.07) is 9.51. The van der Waals surface area contributed by atoms with Crippen molar-refractivity contribution in [2.45, 2.75) is 24.6 Å². The van der Waals surface area contributed by atoms with Gasteiger partial charge in [-0.3, -0.25) is 0 Å². The predicted molar refractivity (Wildman–Crippen MR) is 107 cm³/mol. The van der Waals surface area contributed by atoms with E-state index >= 15 is 0 Å². The van der Waals surface area contributed by atoms with E-state index in [-0.39, 0.29) is 5.60 Å². The second kappa shape index (κ2) is 9.78. The van der Waals surface area contributed by atoms with Crippen molar-refractivity contribution in [1.82, 2.24) is 15.0 Å². The number of rotatable bonds is 2. The summed E-state index contributed by atoms with van der Waals surface area (Å²) in [4.78, 5) is 26.5. The Hall–Kier alpha value is -3.46. The first-order chi connectivity index (χ1) is 15.2. The van der Waals surface area contributed by atoms with Gasteiger partial charge in [-0.2, -0.15) is 18.4 Å². The maximum absolute atomic E-state index is 10.6. The Morgan fingerprint density at radius 1 is 1.16 bits per heavy atom. The maximum atomic E-state index is 10.6. The Labute approximate surface area is 182 Å². The number of carbonyl (C=O) groups is 1. The van der Waals surface area contributed by atoms with E-state index in [0.717, 1.165) is 50.8 Å². The zero-order valence-corrected chi connectivity index (χ0v) is 17.0. The number of nitrogens with zero attached hydrogens (tertiary/aromatic N) is 6. The Morgan fingerprint density at radius 3 is 2.50 bits per heavy atom. The van der Waals surface area contributed by atoms with E-state index in [1.54, 1.807) is 18.5 Å². The molecule has 4 heterocycles. The van der Waals surface area contributed by atoms with Crippen LogP contribution in [0.1, 0.15) is 18.5 Å². The van der Waals surface area contributed by atoms with E-state index in [9.17, 15) is 13.2 Å². The number of anilines is 2. The van der Waals surface area contributed by atoms with E-state index in [0.29, 0.717) is 12.3 Å². The summed E-state index contributed by atoms with van der Waals surface area (Å²) in [6.07, 6.45) is 0.497. The van der Waals surface area contributed by atoms with Gasteiger partial charge in [-0.25, -0.2) is 19.7 Å². The lowest BCUT2D eigenvalue weighted by atomic mass is 9.90. The molecule has 2 fully saturated rings. The minimum absolute atomic E-state index is 0.250. The zero-order chi connectivity index (χ0) is 23.2. The van der Waals surface area contributed by atoms with Crippen LogP contribution in [0.15, 0.2) is 36.7 Å². The second-order valence-corrected chi connectivity index (χ2v) is 7.32. The minimum atomic E-state index is -5.08. The van der Waals surface area contributed by atoms with Gasteiger partial charge < -0.3 is 19.6 Å². The third-order valence-electron chi connectivity index (χ3n) is 5.04. The molecular formula is C20H21F3N6O3. The maximum Gasteiger partial charge on any atom is 0.490 e. The molecular weight excluding hydrogens is 429 g/mol. The molecule has 2 aromatic rings. The van der Waals surface area contributed by atoms with E-state index < -0.39 is 12.1 Å². The Bertz CT molecular complexity index is 965. The fraction of sp³-hybridized carbons (Fsp3) is 0.450. The Balaban J connectivity index is 0.000000360. The number of ether oxygens (including phenoxy) is 1. The highest BCUT2D eigenvalue weighted by molar-refractivity contribution is 5.73. The predicted octanol–water partition coefficient (Wildman–Crippen LogP) is 2.25. The fourth-order valence-electron chi connectivity index (χ4n) is 3.67.